The predicted molar refractivity (Wildman–Crippen MR) is 62.7 cm³/mol. The van der Waals surface area contributed by atoms with Crippen molar-refractivity contribution in [2.24, 2.45) is 0 Å². The Morgan fingerprint density at radius 2 is 1.93 bits per heavy atom. The second-order valence-corrected chi connectivity index (χ2v) is 6.19. The van der Waals surface area contributed by atoms with E-state index in [0.29, 0.717) is 0 Å². The molecule has 0 fully saturated rings. The van der Waals surface area contributed by atoms with Crippen LogP contribution in [0.25, 0.3) is 0 Å². The molecule has 0 saturated heterocycles. The molecule has 1 unspecified atom stereocenters. The smallest absolute Gasteiger partial charge is 0.148 e. The fraction of sp³-hybridized carbons (Fsp3) is 1.00. The number of sulfone groups is 1. The largest absolute Gasteiger partial charge is 0.396 e. The third-order valence-corrected chi connectivity index (χ3v) is 3.51. The normalized spacial score (nSPS) is 14.5. The van der Waals surface area contributed by atoms with Crippen LogP contribution in [0, 0.1) is 0 Å². The summed E-state index contributed by atoms with van der Waals surface area (Å²) in [6, 6.07) is 0.0590. The fourth-order valence-corrected chi connectivity index (χ4v) is 2.75. The van der Waals surface area contributed by atoms with Crippen LogP contribution in [0.15, 0.2) is 0 Å². The van der Waals surface area contributed by atoms with Gasteiger partial charge >= 0.3 is 0 Å². The van der Waals surface area contributed by atoms with Gasteiger partial charge in [0.15, 0.2) is 0 Å². The lowest BCUT2D eigenvalue weighted by Crippen LogP contribution is -2.38. The zero-order valence-electron chi connectivity index (χ0n) is 9.94. The van der Waals surface area contributed by atoms with Gasteiger partial charge < -0.3 is 5.11 Å². The van der Waals surface area contributed by atoms with E-state index >= 15 is 0 Å². The van der Waals surface area contributed by atoms with Crippen LogP contribution < -0.4 is 0 Å². The summed E-state index contributed by atoms with van der Waals surface area (Å²) in [5.41, 5.74) is 0. The number of unbranched alkanes of at least 4 members (excludes halogenated alkanes) is 1. The Bertz CT molecular complexity index is 251. The van der Waals surface area contributed by atoms with E-state index in [1.165, 1.54) is 6.26 Å². The fourth-order valence-electron chi connectivity index (χ4n) is 1.66. The zero-order chi connectivity index (χ0) is 11.9. The average Bonchev–Trinajstić information content (AvgIpc) is 2.09. The van der Waals surface area contributed by atoms with E-state index in [2.05, 4.69) is 4.90 Å². The van der Waals surface area contributed by atoms with Crippen LogP contribution in [0.5, 0.6) is 0 Å². The molecule has 15 heavy (non-hydrogen) atoms. The summed E-state index contributed by atoms with van der Waals surface area (Å²) in [6.45, 7) is 5.87. The Balaban J connectivity index is 4.04. The topological polar surface area (TPSA) is 57.6 Å². The van der Waals surface area contributed by atoms with Crippen molar-refractivity contribution in [1.29, 1.82) is 0 Å². The Morgan fingerprint density at radius 3 is 2.33 bits per heavy atom. The molecule has 0 radical (unpaired) electrons. The summed E-state index contributed by atoms with van der Waals surface area (Å²) in [6.07, 6.45) is 2.96. The maximum Gasteiger partial charge on any atom is 0.148 e. The molecular weight excluding hydrogens is 214 g/mol. The summed E-state index contributed by atoms with van der Waals surface area (Å²) in [5, 5.41) is 8.66. The van der Waals surface area contributed by atoms with E-state index in [4.69, 9.17) is 5.11 Å². The van der Waals surface area contributed by atoms with E-state index in [0.717, 1.165) is 25.9 Å². The standard InChI is InChI=1S/C10H23NO3S/c1-4-11(7-5-6-8-12)10(2)9-15(3,13)14/h10,12H,4-9H2,1-3H3. The second-order valence-electron chi connectivity index (χ2n) is 4.00. The third-order valence-electron chi connectivity index (χ3n) is 2.43. The molecule has 0 aromatic rings. The van der Waals surface area contributed by atoms with Crippen LogP contribution >= 0.6 is 0 Å². The summed E-state index contributed by atoms with van der Waals surface area (Å²) in [5.74, 6) is 0.208. The quantitative estimate of drug-likeness (QED) is 0.625. The monoisotopic (exact) mass is 237 g/mol. The van der Waals surface area contributed by atoms with Gasteiger partial charge in [0.2, 0.25) is 0 Å². The van der Waals surface area contributed by atoms with Crippen molar-refractivity contribution in [1.82, 2.24) is 4.90 Å². The van der Waals surface area contributed by atoms with Gasteiger partial charge in [0.25, 0.3) is 0 Å². The molecule has 1 N–H and O–H groups in total. The molecular formula is C10H23NO3S. The average molecular weight is 237 g/mol. The van der Waals surface area contributed by atoms with Crippen LogP contribution in [0.4, 0.5) is 0 Å². The second kappa shape index (κ2) is 7.19. The summed E-state index contributed by atoms with van der Waals surface area (Å²) >= 11 is 0. The maximum atomic E-state index is 11.1. The molecule has 0 bridgehead atoms. The number of aliphatic hydroxyl groups excluding tert-OH is 1. The van der Waals surface area contributed by atoms with Gasteiger partial charge in [-0.2, -0.15) is 0 Å². The van der Waals surface area contributed by atoms with E-state index in [1.54, 1.807) is 0 Å². The van der Waals surface area contributed by atoms with Crippen molar-refractivity contribution in [2.45, 2.75) is 32.7 Å². The SMILES string of the molecule is CCN(CCCCO)C(C)CS(C)(=O)=O. The highest BCUT2D eigenvalue weighted by Crippen LogP contribution is 2.04. The minimum Gasteiger partial charge on any atom is -0.396 e. The minimum atomic E-state index is -2.90. The Morgan fingerprint density at radius 1 is 1.33 bits per heavy atom. The Hall–Kier alpha value is -0.130. The third kappa shape index (κ3) is 7.76. The highest BCUT2D eigenvalue weighted by molar-refractivity contribution is 7.90. The molecule has 0 rings (SSSR count). The first-order valence-electron chi connectivity index (χ1n) is 5.43. The molecule has 5 heteroatoms. The van der Waals surface area contributed by atoms with Gasteiger partial charge in [-0.3, -0.25) is 4.90 Å². The lowest BCUT2D eigenvalue weighted by molar-refractivity contribution is 0.216. The van der Waals surface area contributed by atoms with E-state index in [1.807, 2.05) is 13.8 Å². The highest BCUT2D eigenvalue weighted by Gasteiger charge is 2.16. The first kappa shape index (κ1) is 14.9. The van der Waals surface area contributed by atoms with Crippen molar-refractivity contribution >= 4 is 9.84 Å². The number of aliphatic hydroxyl groups is 1. The number of nitrogens with zero attached hydrogens (tertiary/aromatic N) is 1. The molecule has 92 valence electrons. The zero-order valence-corrected chi connectivity index (χ0v) is 10.8. The van der Waals surface area contributed by atoms with Crippen LogP contribution in [-0.2, 0) is 9.84 Å². The van der Waals surface area contributed by atoms with E-state index in [-0.39, 0.29) is 18.4 Å². The molecule has 0 aromatic carbocycles. The van der Waals surface area contributed by atoms with Crippen LogP contribution in [-0.4, -0.2) is 56.2 Å². The lowest BCUT2D eigenvalue weighted by Gasteiger charge is -2.27. The molecule has 0 aliphatic heterocycles. The molecule has 0 aromatic heterocycles. The minimum absolute atomic E-state index is 0.0590. The maximum absolute atomic E-state index is 11.1. The highest BCUT2D eigenvalue weighted by atomic mass is 32.2. The van der Waals surface area contributed by atoms with Gasteiger partial charge in [0.05, 0.1) is 5.75 Å². The summed E-state index contributed by atoms with van der Waals surface area (Å²) < 4.78 is 22.3. The Kier molecular flexibility index (Phi) is 7.13. The predicted octanol–water partition coefficient (Wildman–Crippen LogP) is 0.514. The van der Waals surface area contributed by atoms with Crippen molar-refractivity contribution < 1.29 is 13.5 Å². The van der Waals surface area contributed by atoms with Crippen LogP contribution in [0.2, 0.25) is 0 Å². The molecule has 0 aliphatic carbocycles. The molecule has 0 heterocycles. The molecule has 0 aliphatic rings. The van der Waals surface area contributed by atoms with Gasteiger partial charge in [0, 0.05) is 18.9 Å². The first-order chi connectivity index (χ1) is 6.90. The first-order valence-corrected chi connectivity index (χ1v) is 7.49. The number of hydrogen-bond donors (Lipinski definition) is 1. The summed E-state index contributed by atoms with van der Waals surface area (Å²) in [7, 11) is -2.90. The van der Waals surface area contributed by atoms with Crippen LogP contribution in [0.1, 0.15) is 26.7 Å². The van der Waals surface area contributed by atoms with Gasteiger partial charge in [0.1, 0.15) is 9.84 Å². The van der Waals surface area contributed by atoms with Crippen molar-refractivity contribution in [3.63, 3.8) is 0 Å². The number of hydrogen-bond acceptors (Lipinski definition) is 4. The van der Waals surface area contributed by atoms with E-state index < -0.39 is 9.84 Å². The van der Waals surface area contributed by atoms with Crippen molar-refractivity contribution in [3.05, 3.63) is 0 Å². The lowest BCUT2D eigenvalue weighted by atomic mass is 10.2. The van der Waals surface area contributed by atoms with Crippen LogP contribution in [0.3, 0.4) is 0 Å². The molecule has 0 spiro atoms. The van der Waals surface area contributed by atoms with Gasteiger partial charge in [-0.25, -0.2) is 8.42 Å². The van der Waals surface area contributed by atoms with Gasteiger partial charge in [-0.1, -0.05) is 6.92 Å². The number of rotatable bonds is 8. The van der Waals surface area contributed by atoms with Crippen molar-refractivity contribution in [2.75, 3.05) is 31.7 Å². The molecule has 0 saturated carbocycles. The Labute approximate surface area is 93.2 Å². The molecule has 1 atom stereocenters. The van der Waals surface area contributed by atoms with Crippen molar-refractivity contribution in [3.8, 4) is 0 Å². The molecule has 4 nitrogen and oxygen atoms in total. The van der Waals surface area contributed by atoms with E-state index in [9.17, 15) is 8.42 Å². The molecule has 0 amide bonds. The van der Waals surface area contributed by atoms with Gasteiger partial charge in [-0.15, -0.1) is 0 Å². The summed E-state index contributed by atoms with van der Waals surface area (Å²) in [4.78, 5) is 2.14. The van der Waals surface area contributed by atoms with Gasteiger partial charge in [-0.05, 0) is 32.9 Å².